The molecule has 3 aromatic rings. The molecule has 1 fully saturated rings. The van der Waals surface area contributed by atoms with Gasteiger partial charge in [-0.15, -0.1) is 0 Å². The van der Waals surface area contributed by atoms with Crippen molar-refractivity contribution >= 4 is 17.4 Å². The minimum Gasteiger partial charge on any atom is -0.482 e. The number of nitrogen functional groups attached to an aromatic ring is 1. The topological polar surface area (TPSA) is 51.4 Å². The van der Waals surface area contributed by atoms with Crippen molar-refractivity contribution < 1.29 is 13.5 Å². The van der Waals surface area contributed by atoms with Crippen LogP contribution in [0.5, 0.6) is 5.75 Å². The fourth-order valence-corrected chi connectivity index (χ4v) is 4.23. The van der Waals surface area contributed by atoms with E-state index in [4.69, 9.17) is 22.1 Å². The SMILES string of the molecule is C[C@@H](Oc1cc(-c2cccc(CN3CCCC3)c2)cnc1N)c1c(F)ccc(F)c1Cl. The lowest BCUT2D eigenvalue weighted by molar-refractivity contribution is 0.221. The first-order valence-corrected chi connectivity index (χ1v) is 10.7. The summed E-state index contributed by atoms with van der Waals surface area (Å²) in [6.45, 7) is 4.76. The number of pyridine rings is 1. The van der Waals surface area contributed by atoms with E-state index in [0.29, 0.717) is 0 Å². The number of aromatic nitrogens is 1. The molecule has 162 valence electrons. The van der Waals surface area contributed by atoms with Crippen LogP contribution in [0.1, 0.15) is 37.0 Å². The lowest BCUT2D eigenvalue weighted by Crippen LogP contribution is -2.18. The van der Waals surface area contributed by atoms with E-state index < -0.39 is 17.7 Å². The van der Waals surface area contributed by atoms with Gasteiger partial charge in [0, 0.05) is 23.9 Å². The number of anilines is 1. The van der Waals surface area contributed by atoms with Crippen LogP contribution in [-0.2, 0) is 6.54 Å². The molecule has 7 heteroatoms. The molecule has 4 rings (SSSR count). The Morgan fingerprint density at radius 3 is 2.61 bits per heavy atom. The van der Waals surface area contributed by atoms with Gasteiger partial charge in [-0.3, -0.25) is 4.90 Å². The highest BCUT2D eigenvalue weighted by Gasteiger charge is 2.21. The van der Waals surface area contributed by atoms with Gasteiger partial charge >= 0.3 is 0 Å². The molecule has 2 aromatic carbocycles. The van der Waals surface area contributed by atoms with E-state index in [1.807, 2.05) is 12.1 Å². The summed E-state index contributed by atoms with van der Waals surface area (Å²) in [5, 5.41) is -0.301. The summed E-state index contributed by atoms with van der Waals surface area (Å²) in [4.78, 5) is 6.68. The van der Waals surface area contributed by atoms with Crippen LogP contribution in [-0.4, -0.2) is 23.0 Å². The predicted molar refractivity (Wildman–Crippen MR) is 119 cm³/mol. The molecule has 0 radical (unpaired) electrons. The summed E-state index contributed by atoms with van der Waals surface area (Å²) < 4.78 is 33.9. The molecule has 1 aromatic heterocycles. The first kappa shape index (κ1) is 21.5. The molecule has 0 bridgehead atoms. The van der Waals surface area contributed by atoms with Crippen LogP contribution < -0.4 is 10.5 Å². The maximum Gasteiger partial charge on any atom is 0.166 e. The Labute approximate surface area is 185 Å². The summed E-state index contributed by atoms with van der Waals surface area (Å²) in [6.07, 6.45) is 3.31. The average molecular weight is 444 g/mol. The summed E-state index contributed by atoms with van der Waals surface area (Å²) in [7, 11) is 0. The van der Waals surface area contributed by atoms with Crippen molar-refractivity contribution in [1.82, 2.24) is 9.88 Å². The maximum atomic E-state index is 14.3. The predicted octanol–water partition coefficient (Wildman–Crippen LogP) is 6.00. The normalized spacial score (nSPS) is 15.2. The zero-order valence-corrected chi connectivity index (χ0v) is 18.0. The molecule has 2 heterocycles. The second kappa shape index (κ2) is 9.20. The second-order valence-electron chi connectivity index (χ2n) is 7.81. The van der Waals surface area contributed by atoms with E-state index in [1.165, 1.54) is 18.4 Å². The highest BCUT2D eigenvalue weighted by Crippen LogP contribution is 2.35. The van der Waals surface area contributed by atoms with Crippen LogP contribution in [0, 0.1) is 11.6 Å². The van der Waals surface area contributed by atoms with Gasteiger partial charge in [0.2, 0.25) is 0 Å². The molecule has 4 nitrogen and oxygen atoms in total. The van der Waals surface area contributed by atoms with E-state index in [2.05, 4.69) is 22.0 Å². The number of halogens is 3. The highest BCUT2D eigenvalue weighted by molar-refractivity contribution is 6.31. The van der Waals surface area contributed by atoms with Crippen molar-refractivity contribution in [3.63, 3.8) is 0 Å². The molecule has 2 N–H and O–H groups in total. The third-order valence-corrected chi connectivity index (χ3v) is 5.92. The Balaban J connectivity index is 1.59. The summed E-state index contributed by atoms with van der Waals surface area (Å²) >= 11 is 5.97. The number of rotatable bonds is 6. The molecule has 0 spiro atoms. The van der Waals surface area contributed by atoms with Crippen molar-refractivity contribution in [3.8, 4) is 16.9 Å². The third-order valence-electron chi connectivity index (χ3n) is 5.54. The van der Waals surface area contributed by atoms with Gasteiger partial charge in [0.25, 0.3) is 0 Å². The van der Waals surface area contributed by atoms with Crippen LogP contribution in [0.4, 0.5) is 14.6 Å². The summed E-state index contributed by atoms with van der Waals surface area (Å²) in [5.41, 5.74) is 8.97. The van der Waals surface area contributed by atoms with E-state index in [9.17, 15) is 8.78 Å². The smallest absolute Gasteiger partial charge is 0.166 e. The van der Waals surface area contributed by atoms with E-state index in [0.717, 1.165) is 42.9 Å². The first-order chi connectivity index (χ1) is 14.9. The van der Waals surface area contributed by atoms with Gasteiger partial charge in [0.1, 0.15) is 17.7 Å². The number of ether oxygens (including phenoxy) is 1. The zero-order valence-electron chi connectivity index (χ0n) is 17.2. The molecule has 31 heavy (non-hydrogen) atoms. The Hall–Kier alpha value is -2.70. The third kappa shape index (κ3) is 4.81. The summed E-state index contributed by atoms with van der Waals surface area (Å²) in [5.74, 6) is -0.897. The molecule has 1 saturated heterocycles. The van der Waals surface area contributed by atoms with Crippen molar-refractivity contribution in [2.75, 3.05) is 18.8 Å². The second-order valence-corrected chi connectivity index (χ2v) is 8.19. The first-order valence-electron chi connectivity index (χ1n) is 10.3. The molecule has 0 unspecified atom stereocenters. The van der Waals surface area contributed by atoms with E-state index >= 15 is 0 Å². The molecule has 1 aliphatic heterocycles. The monoisotopic (exact) mass is 443 g/mol. The van der Waals surface area contributed by atoms with Gasteiger partial charge in [-0.2, -0.15) is 0 Å². The number of hydrogen-bond acceptors (Lipinski definition) is 4. The van der Waals surface area contributed by atoms with Gasteiger partial charge < -0.3 is 10.5 Å². The molecular formula is C24H24ClF2N3O. The molecule has 0 amide bonds. The van der Waals surface area contributed by atoms with Crippen LogP contribution in [0.2, 0.25) is 5.02 Å². The molecule has 0 saturated carbocycles. The fourth-order valence-electron chi connectivity index (χ4n) is 3.92. The minimum atomic E-state index is -0.857. The van der Waals surface area contributed by atoms with Crippen molar-refractivity contribution in [1.29, 1.82) is 0 Å². The van der Waals surface area contributed by atoms with Gasteiger partial charge in [0.15, 0.2) is 11.6 Å². The van der Waals surface area contributed by atoms with Crippen molar-refractivity contribution in [2.45, 2.75) is 32.4 Å². The van der Waals surface area contributed by atoms with Gasteiger partial charge in [-0.1, -0.05) is 29.8 Å². The molecule has 1 aliphatic rings. The lowest BCUT2D eigenvalue weighted by Gasteiger charge is -2.19. The van der Waals surface area contributed by atoms with Gasteiger partial charge in [0.05, 0.1) is 5.02 Å². The average Bonchev–Trinajstić information content (AvgIpc) is 3.26. The maximum absolute atomic E-state index is 14.3. The molecular weight excluding hydrogens is 420 g/mol. The van der Waals surface area contributed by atoms with Gasteiger partial charge in [-0.25, -0.2) is 13.8 Å². The number of nitrogens with zero attached hydrogens (tertiary/aromatic N) is 2. The minimum absolute atomic E-state index is 0.0564. The fraction of sp³-hybridized carbons (Fsp3) is 0.292. The Bertz CT molecular complexity index is 1090. The van der Waals surface area contributed by atoms with Crippen LogP contribution >= 0.6 is 11.6 Å². The lowest BCUT2D eigenvalue weighted by atomic mass is 10.0. The summed E-state index contributed by atoms with van der Waals surface area (Å²) in [6, 6.07) is 12.0. The van der Waals surface area contributed by atoms with Crippen LogP contribution in [0.15, 0.2) is 48.7 Å². The molecule has 0 aliphatic carbocycles. The van der Waals surface area contributed by atoms with Crippen LogP contribution in [0.25, 0.3) is 11.1 Å². The number of hydrogen-bond donors (Lipinski definition) is 1. The van der Waals surface area contributed by atoms with Crippen molar-refractivity contribution in [3.05, 3.63) is 76.4 Å². The quantitative estimate of drug-likeness (QED) is 0.475. The van der Waals surface area contributed by atoms with Crippen molar-refractivity contribution in [2.24, 2.45) is 0 Å². The largest absolute Gasteiger partial charge is 0.482 e. The standard InChI is InChI=1S/C24H24ClF2N3O/c1-15(22-19(26)7-8-20(27)23(22)25)31-21-12-18(13-29-24(21)28)17-6-4-5-16(11-17)14-30-9-2-3-10-30/h4-8,11-13,15H,2-3,9-10,14H2,1H3,(H2,28,29)/t15-/m1/s1. The number of nitrogens with two attached hydrogens (primary N) is 1. The zero-order chi connectivity index (χ0) is 22.0. The Morgan fingerprint density at radius 2 is 1.84 bits per heavy atom. The van der Waals surface area contributed by atoms with Gasteiger partial charge in [-0.05, 0) is 68.2 Å². The highest BCUT2D eigenvalue weighted by atomic mass is 35.5. The van der Waals surface area contributed by atoms with E-state index in [1.54, 1.807) is 19.2 Å². The van der Waals surface area contributed by atoms with E-state index in [-0.39, 0.29) is 22.2 Å². The Morgan fingerprint density at radius 1 is 1.10 bits per heavy atom. The number of likely N-dealkylation sites (tertiary alicyclic amines) is 1. The molecule has 1 atom stereocenters. The Kier molecular flexibility index (Phi) is 6.39. The van der Waals surface area contributed by atoms with Crippen LogP contribution in [0.3, 0.4) is 0 Å². The number of benzene rings is 2.